The Morgan fingerprint density at radius 3 is 2.95 bits per heavy atom. The molecule has 120 valence electrons. The molecule has 1 aromatic rings. The standard InChI is InChI=1S/C17H31N3O/c1-4-8-18-15(14-7-12-21-16(14)6-3)13-17-19-9-11-20(17)10-5-2/h9,11,14-16,18H,4-8,10,12-13H2,1-3H3. The van der Waals surface area contributed by atoms with Crippen LogP contribution in [-0.2, 0) is 17.7 Å². The number of ether oxygens (including phenoxy) is 1. The molecule has 3 unspecified atom stereocenters. The minimum Gasteiger partial charge on any atom is -0.378 e. The predicted molar refractivity (Wildman–Crippen MR) is 86.4 cm³/mol. The van der Waals surface area contributed by atoms with Crippen LogP contribution in [0.25, 0.3) is 0 Å². The van der Waals surface area contributed by atoms with E-state index in [0.29, 0.717) is 18.1 Å². The van der Waals surface area contributed by atoms with Gasteiger partial charge in [-0.15, -0.1) is 0 Å². The molecular weight excluding hydrogens is 262 g/mol. The van der Waals surface area contributed by atoms with E-state index in [4.69, 9.17) is 4.74 Å². The summed E-state index contributed by atoms with van der Waals surface area (Å²) in [5, 5.41) is 3.75. The van der Waals surface area contributed by atoms with E-state index in [0.717, 1.165) is 39.0 Å². The molecule has 0 aliphatic carbocycles. The van der Waals surface area contributed by atoms with Gasteiger partial charge in [0, 0.05) is 43.9 Å². The van der Waals surface area contributed by atoms with E-state index < -0.39 is 0 Å². The lowest BCUT2D eigenvalue weighted by Gasteiger charge is -2.28. The Hall–Kier alpha value is -0.870. The third-order valence-electron chi connectivity index (χ3n) is 4.51. The highest BCUT2D eigenvalue weighted by Gasteiger charge is 2.33. The van der Waals surface area contributed by atoms with Gasteiger partial charge < -0.3 is 14.6 Å². The molecule has 1 aliphatic heterocycles. The number of rotatable bonds is 9. The van der Waals surface area contributed by atoms with Gasteiger partial charge in [-0.3, -0.25) is 0 Å². The Bertz CT molecular complexity index is 404. The normalized spacial score (nSPS) is 23.6. The van der Waals surface area contributed by atoms with Crippen LogP contribution < -0.4 is 5.32 Å². The summed E-state index contributed by atoms with van der Waals surface area (Å²) >= 11 is 0. The first-order valence-corrected chi connectivity index (χ1v) is 8.65. The van der Waals surface area contributed by atoms with Crippen LogP contribution in [0, 0.1) is 5.92 Å². The number of imidazole rings is 1. The maximum atomic E-state index is 5.91. The topological polar surface area (TPSA) is 39.1 Å². The van der Waals surface area contributed by atoms with E-state index in [-0.39, 0.29) is 0 Å². The lowest BCUT2D eigenvalue weighted by Crippen LogP contribution is -2.42. The number of nitrogens with one attached hydrogen (secondary N) is 1. The van der Waals surface area contributed by atoms with Crippen molar-refractivity contribution in [3.8, 4) is 0 Å². The molecule has 1 aromatic heterocycles. The van der Waals surface area contributed by atoms with Crippen LogP contribution in [0.4, 0.5) is 0 Å². The van der Waals surface area contributed by atoms with Crippen molar-refractivity contribution < 1.29 is 4.74 Å². The molecular formula is C17H31N3O. The Kier molecular flexibility index (Phi) is 6.71. The lowest BCUT2D eigenvalue weighted by molar-refractivity contribution is 0.0771. The van der Waals surface area contributed by atoms with Gasteiger partial charge in [0.1, 0.15) is 5.82 Å². The molecule has 2 rings (SSSR count). The van der Waals surface area contributed by atoms with E-state index >= 15 is 0 Å². The molecule has 0 aromatic carbocycles. The van der Waals surface area contributed by atoms with Crippen molar-refractivity contribution in [2.45, 2.75) is 71.6 Å². The lowest BCUT2D eigenvalue weighted by atomic mass is 9.89. The van der Waals surface area contributed by atoms with Gasteiger partial charge in [0.2, 0.25) is 0 Å². The fourth-order valence-electron chi connectivity index (χ4n) is 3.42. The minimum atomic E-state index is 0.411. The summed E-state index contributed by atoms with van der Waals surface area (Å²) in [5.41, 5.74) is 0. The van der Waals surface area contributed by atoms with Gasteiger partial charge in [-0.1, -0.05) is 20.8 Å². The average Bonchev–Trinajstić information content (AvgIpc) is 3.13. The monoisotopic (exact) mass is 293 g/mol. The summed E-state index contributed by atoms with van der Waals surface area (Å²) in [4.78, 5) is 4.59. The quantitative estimate of drug-likeness (QED) is 0.760. The molecule has 0 radical (unpaired) electrons. The van der Waals surface area contributed by atoms with Crippen LogP contribution >= 0.6 is 0 Å². The van der Waals surface area contributed by atoms with E-state index in [1.807, 2.05) is 6.20 Å². The van der Waals surface area contributed by atoms with E-state index in [1.54, 1.807) is 0 Å². The zero-order chi connectivity index (χ0) is 15.1. The zero-order valence-electron chi connectivity index (χ0n) is 13.8. The molecule has 0 bridgehead atoms. The fraction of sp³-hybridized carbons (Fsp3) is 0.824. The largest absolute Gasteiger partial charge is 0.378 e. The third-order valence-corrected chi connectivity index (χ3v) is 4.51. The summed E-state index contributed by atoms with van der Waals surface area (Å²) in [6.45, 7) is 9.73. The molecule has 1 fully saturated rings. The van der Waals surface area contributed by atoms with Crippen LogP contribution in [0.3, 0.4) is 0 Å². The zero-order valence-corrected chi connectivity index (χ0v) is 13.8. The van der Waals surface area contributed by atoms with Crippen molar-refractivity contribution >= 4 is 0 Å². The molecule has 2 heterocycles. The van der Waals surface area contributed by atoms with Crippen LogP contribution in [0.2, 0.25) is 0 Å². The number of nitrogens with zero attached hydrogens (tertiary/aromatic N) is 2. The molecule has 1 saturated heterocycles. The second-order valence-electron chi connectivity index (χ2n) is 6.07. The second kappa shape index (κ2) is 8.54. The van der Waals surface area contributed by atoms with Crippen LogP contribution in [0.5, 0.6) is 0 Å². The van der Waals surface area contributed by atoms with Crippen molar-refractivity contribution in [3.63, 3.8) is 0 Å². The van der Waals surface area contributed by atoms with Gasteiger partial charge in [0.15, 0.2) is 0 Å². The first kappa shape index (κ1) is 16.5. The van der Waals surface area contributed by atoms with Gasteiger partial charge in [0.25, 0.3) is 0 Å². The summed E-state index contributed by atoms with van der Waals surface area (Å²) in [7, 11) is 0. The van der Waals surface area contributed by atoms with Crippen molar-refractivity contribution in [1.82, 2.24) is 14.9 Å². The highest BCUT2D eigenvalue weighted by Crippen LogP contribution is 2.28. The van der Waals surface area contributed by atoms with Crippen LogP contribution in [0.1, 0.15) is 52.3 Å². The molecule has 1 N–H and O–H groups in total. The molecule has 21 heavy (non-hydrogen) atoms. The SMILES string of the molecule is CCCNC(Cc1nccn1CCC)C1CCOC1CC. The Morgan fingerprint density at radius 2 is 2.24 bits per heavy atom. The summed E-state index contributed by atoms with van der Waals surface area (Å²) < 4.78 is 8.21. The molecule has 0 amide bonds. The van der Waals surface area contributed by atoms with Crippen LogP contribution in [-0.4, -0.2) is 34.8 Å². The molecule has 3 atom stereocenters. The van der Waals surface area contributed by atoms with Crippen molar-refractivity contribution in [1.29, 1.82) is 0 Å². The number of hydrogen-bond donors (Lipinski definition) is 1. The third kappa shape index (κ3) is 4.30. The smallest absolute Gasteiger partial charge is 0.110 e. The van der Waals surface area contributed by atoms with Gasteiger partial charge in [-0.25, -0.2) is 4.98 Å². The van der Waals surface area contributed by atoms with Gasteiger partial charge >= 0.3 is 0 Å². The number of aromatic nitrogens is 2. The van der Waals surface area contributed by atoms with Crippen molar-refractivity contribution in [2.24, 2.45) is 5.92 Å². The highest BCUT2D eigenvalue weighted by molar-refractivity contribution is 4.99. The number of hydrogen-bond acceptors (Lipinski definition) is 3. The second-order valence-corrected chi connectivity index (χ2v) is 6.07. The maximum absolute atomic E-state index is 5.91. The molecule has 4 nitrogen and oxygen atoms in total. The van der Waals surface area contributed by atoms with Crippen LogP contribution in [0.15, 0.2) is 12.4 Å². The predicted octanol–water partition coefficient (Wildman–Crippen LogP) is 3.02. The molecule has 0 saturated carbocycles. The Labute approximate surface area is 129 Å². The van der Waals surface area contributed by atoms with Crippen molar-refractivity contribution in [3.05, 3.63) is 18.2 Å². The molecule has 4 heteroatoms. The van der Waals surface area contributed by atoms with E-state index in [2.05, 4.69) is 41.8 Å². The first-order chi connectivity index (χ1) is 10.3. The van der Waals surface area contributed by atoms with Gasteiger partial charge in [0.05, 0.1) is 6.10 Å². The first-order valence-electron chi connectivity index (χ1n) is 8.65. The van der Waals surface area contributed by atoms with E-state index in [1.165, 1.54) is 18.7 Å². The highest BCUT2D eigenvalue weighted by atomic mass is 16.5. The average molecular weight is 293 g/mol. The maximum Gasteiger partial charge on any atom is 0.110 e. The van der Waals surface area contributed by atoms with E-state index in [9.17, 15) is 0 Å². The fourth-order valence-corrected chi connectivity index (χ4v) is 3.42. The van der Waals surface area contributed by atoms with Gasteiger partial charge in [-0.05, 0) is 32.2 Å². The summed E-state index contributed by atoms with van der Waals surface area (Å²) in [6.07, 6.45) is 10.1. The van der Waals surface area contributed by atoms with Gasteiger partial charge in [-0.2, -0.15) is 0 Å². The Morgan fingerprint density at radius 1 is 1.38 bits per heavy atom. The van der Waals surface area contributed by atoms with Crippen molar-refractivity contribution in [2.75, 3.05) is 13.2 Å². The number of aryl methyl sites for hydroxylation is 1. The summed E-state index contributed by atoms with van der Waals surface area (Å²) in [5.74, 6) is 1.83. The molecule has 1 aliphatic rings. The minimum absolute atomic E-state index is 0.411. The summed E-state index contributed by atoms with van der Waals surface area (Å²) in [6, 6.07) is 0.482. The Balaban J connectivity index is 2.06. The molecule has 0 spiro atoms.